The fourth-order valence-electron chi connectivity index (χ4n) is 2.14. The van der Waals surface area contributed by atoms with Crippen molar-refractivity contribution in [2.75, 3.05) is 13.1 Å². The molecule has 0 aliphatic carbocycles. The molecule has 0 bridgehead atoms. The van der Waals surface area contributed by atoms with Crippen molar-refractivity contribution in [2.45, 2.75) is 32.0 Å². The summed E-state index contributed by atoms with van der Waals surface area (Å²) in [5.74, 6) is -1.78. The third-order valence-electron chi connectivity index (χ3n) is 3.22. The minimum atomic E-state index is -4.85. The van der Waals surface area contributed by atoms with Crippen molar-refractivity contribution in [2.24, 2.45) is 0 Å². The van der Waals surface area contributed by atoms with Crippen LogP contribution in [0.5, 0.6) is 0 Å². The minimum absolute atomic E-state index is 0.0405. The molecule has 1 saturated heterocycles. The van der Waals surface area contributed by atoms with E-state index in [0.29, 0.717) is 5.76 Å². The van der Waals surface area contributed by atoms with Crippen molar-refractivity contribution >= 4 is 11.8 Å². The van der Waals surface area contributed by atoms with Gasteiger partial charge in [-0.2, -0.15) is 13.2 Å². The first-order chi connectivity index (χ1) is 9.77. The quantitative estimate of drug-likeness (QED) is 0.892. The van der Waals surface area contributed by atoms with Gasteiger partial charge in [0.1, 0.15) is 5.76 Å². The molecule has 1 aliphatic heterocycles. The van der Waals surface area contributed by atoms with Crippen LogP contribution in [0.1, 0.15) is 29.1 Å². The SMILES string of the molecule is Cc1cc(C(=O)NC2CCN(C(=O)C(F)(F)F)CC2)no1. The van der Waals surface area contributed by atoms with Gasteiger partial charge in [0, 0.05) is 25.2 Å². The molecule has 2 amide bonds. The maximum atomic E-state index is 12.3. The highest BCUT2D eigenvalue weighted by atomic mass is 19.4. The Balaban J connectivity index is 1.84. The molecule has 1 aromatic rings. The highest BCUT2D eigenvalue weighted by Crippen LogP contribution is 2.21. The molecule has 0 unspecified atom stereocenters. The molecule has 116 valence electrons. The second-order valence-corrected chi connectivity index (χ2v) is 4.86. The molecule has 2 rings (SSSR count). The number of carbonyl (C=O) groups is 2. The number of aryl methyl sites for hydroxylation is 1. The van der Waals surface area contributed by atoms with Crippen molar-refractivity contribution in [3.63, 3.8) is 0 Å². The van der Waals surface area contributed by atoms with Gasteiger partial charge in [0.05, 0.1) is 0 Å². The van der Waals surface area contributed by atoms with E-state index in [1.165, 1.54) is 6.07 Å². The molecule has 2 heterocycles. The van der Waals surface area contributed by atoms with Gasteiger partial charge in [-0.1, -0.05) is 5.16 Å². The highest BCUT2D eigenvalue weighted by Gasteiger charge is 2.43. The second-order valence-electron chi connectivity index (χ2n) is 4.86. The smallest absolute Gasteiger partial charge is 0.361 e. The van der Waals surface area contributed by atoms with Crippen molar-refractivity contribution in [3.05, 3.63) is 17.5 Å². The topological polar surface area (TPSA) is 75.4 Å². The Labute approximate surface area is 118 Å². The molecule has 1 aromatic heterocycles. The van der Waals surface area contributed by atoms with E-state index in [-0.39, 0.29) is 37.7 Å². The van der Waals surface area contributed by atoms with Gasteiger partial charge in [0.25, 0.3) is 5.91 Å². The summed E-state index contributed by atoms with van der Waals surface area (Å²) in [4.78, 5) is 23.6. The molecule has 21 heavy (non-hydrogen) atoms. The van der Waals surface area contributed by atoms with Crippen LogP contribution < -0.4 is 5.32 Å². The van der Waals surface area contributed by atoms with Gasteiger partial charge < -0.3 is 14.7 Å². The van der Waals surface area contributed by atoms with E-state index in [9.17, 15) is 22.8 Å². The monoisotopic (exact) mass is 305 g/mol. The Hall–Kier alpha value is -2.06. The van der Waals surface area contributed by atoms with Crippen LogP contribution in [0.15, 0.2) is 10.6 Å². The van der Waals surface area contributed by atoms with E-state index in [1.807, 2.05) is 0 Å². The second kappa shape index (κ2) is 5.74. The van der Waals surface area contributed by atoms with Crippen LogP contribution in [0.25, 0.3) is 0 Å². The van der Waals surface area contributed by atoms with Crippen LogP contribution in [0.4, 0.5) is 13.2 Å². The number of aromatic nitrogens is 1. The Morgan fingerprint density at radius 2 is 2.00 bits per heavy atom. The fourth-order valence-corrected chi connectivity index (χ4v) is 2.14. The number of halogens is 3. The van der Waals surface area contributed by atoms with Gasteiger partial charge in [-0.3, -0.25) is 9.59 Å². The van der Waals surface area contributed by atoms with E-state index in [4.69, 9.17) is 4.52 Å². The summed E-state index contributed by atoms with van der Waals surface area (Å²) in [5, 5.41) is 6.22. The number of carbonyl (C=O) groups excluding carboxylic acids is 2. The first kappa shape index (κ1) is 15.3. The van der Waals surface area contributed by atoms with Crippen LogP contribution in [-0.2, 0) is 4.79 Å². The Morgan fingerprint density at radius 3 is 2.48 bits per heavy atom. The Morgan fingerprint density at radius 1 is 1.38 bits per heavy atom. The number of alkyl halides is 3. The third-order valence-corrected chi connectivity index (χ3v) is 3.22. The number of rotatable bonds is 2. The van der Waals surface area contributed by atoms with E-state index in [0.717, 1.165) is 4.90 Å². The molecular formula is C12H14F3N3O3. The summed E-state index contributed by atoms with van der Waals surface area (Å²) >= 11 is 0. The number of nitrogens with one attached hydrogen (secondary N) is 1. The first-order valence-corrected chi connectivity index (χ1v) is 6.37. The minimum Gasteiger partial charge on any atom is -0.361 e. The molecule has 1 N–H and O–H groups in total. The van der Waals surface area contributed by atoms with Gasteiger partial charge in [-0.05, 0) is 19.8 Å². The molecule has 0 radical (unpaired) electrons. The largest absolute Gasteiger partial charge is 0.471 e. The molecule has 0 aromatic carbocycles. The van der Waals surface area contributed by atoms with Crippen LogP contribution in [0.2, 0.25) is 0 Å². The molecule has 0 spiro atoms. The lowest BCUT2D eigenvalue weighted by atomic mass is 10.0. The van der Waals surface area contributed by atoms with Gasteiger partial charge >= 0.3 is 12.1 Å². The molecule has 1 aliphatic rings. The van der Waals surface area contributed by atoms with Gasteiger partial charge in [0.2, 0.25) is 0 Å². The fraction of sp³-hybridized carbons (Fsp3) is 0.583. The van der Waals surface area contributed by atoms with Crippen LogP contribution >= 0.6 is 0 Å². The average Bonchev–Trinajstić information content (AvgIpc) is 2.84. The van der Waals surface area contributed by atoms with Gasteiger partial charge in [0.15, 0.2) is 5.69 Å². The number of amides is 2. The Bertz CT molecular complexity index is 533. The predicted molar refractivity (Wildman–Crippen MR) is 64.4 cm³/mol. The maximum absolute atomic E-state index is 12.3. The number of hydrogen-bond acceptors (Lipinski definition) is 4. The van der Waals surface area contributed by atoms with E-state index >= 15 is 0 Å². The maximum Gasteiger partial charge on any atom is 0.471 e. The zero-order chi connectivity index (χ0) is 15.6. The van der Waals surface area contributed by atoms with Crippen molar-refractivity contribution in [1.82, 2.24) is 15.4 Å². The summed E-state index contributed by atoms with van der Waals surface area (Å²) in [5.41, 5.74) is 0.126. The summed E-state index contributed by atoms with van der Waals surface area (Å²) in [6.07, 6.45) is -4.32. The molecular weight excluding hydrogens is 291 g/mol. The summed E-state index contributed by atoms with van der Waals surface area (Å²) in [7, 11) is 0. The highest BCUT2D eigenvalue weighted by molar-refractivity contribution is 5.92. The Kier molecular flexibility index (Phi) is 4.19. The lowest BCUT2D eigenvalue weighted by Crippen LogP contribution is -2.50. The molecule has 0 atom stereocenters. The molecule has 9 heteroatoms. The predicted octanol–water partition coefficient (Wildman–Crippen LogP) is 1.27. The zero-order valence-corrected chi connectivity index (χ0v) is 11.2. The number of nitrogens with zero attached hydrogens (tertiary/aromatic N) is 2. The number of piperidine rings is 1. The molecule has 1 fully saturated rings. The normalized spacial score (nSPS) is 16.9. The van der Waals surface area contributed by atoms with Crippen molar-refractivity contribution < 1.29 is 27.3 Å². The standard InChI is InChI=1S/C12H14F3N3O3/c1-7-6-9(17-21-7)10(19)16-8-2-4-18(5-3-8)11(20)12(13,14)15/h6,8H,2-5H2,1H3,(H,16,19). The average molecular weight is 305 g/mol. The van der Waals surface area contributed by atoms with Crippen molar-refractivity contribution in [1.29, 1.82) is 0 Å². The zero-order valence-electron chi connectivity index (χ0n) is 11.2. The van der Waals surface area contributed by atoms with E-state index < -0.39 is 18.0 Å². The summed E-state index contributed by atoms with van der Waals surface area (Å²) < 4.78 is 41.6. The summed E-state index contributed by atoms with van der Waals surface area (Å²) in [6, 6.07) is 1.18. The van der Waals surface area contributed by atoms with Crippen LogP contribution in [0, 0.1) is 6.92 Å². The summed E-state index contributed by atoms with van der Waals surface area (Å²) in [6.45, 7) is 1.56. The van der Waals surface area contributed by atoms with Crippen molar-refractivity contribution in [3.8, 4) is 0 Å². The number of hydrogen-bond donors (Lipinski definition) is 1. The van der Waals surface area contributed by atoms with Crippen LogP contribution in [-0.4, -0.2) is 47.2 Å². The van der Waals surface area contributed by atoms with E-state index in [2.05, 4.69) is 10.5 Å². The van der Waals surface area contributed by atoms with Crippen LogP contribution in [0.3, 0.4) is 0 Å². The van der Waals surface area contributed by atoms with Gasteiger partial charge in [-0.25, -0.2) is 0 Å². The number of likely N-dealkylation sites (tertiary alicyclic amines) is 1. The van der Waals surface area contributed by atoms with E-state index in [1.54, 1.807) is 6.92 Å². The lowest BCUT2D eigenvalue weighted by molar-refractivity contribution is -0.186. The lowest BCUT2D eigenvalue weighted by Gasteiger charge is -2.32. The molecule has 6 nitrogen and oxygen atoms in total. The first-order valence-electron chi connectivity index (χ1n) is 6.37. The molecule has 0 saturated carbocycles. The third kappa shape index (κ3) is 3.73. The van der Waals surface area contributed by atoms with Gasteiger partial charge in [-0.15, -0.1) is 0 Å².